The molecule has 1 aliphatic carbocycles. The van der Waals surface area contributed by atoms with Crippen LogP contribution in [0.15, 0.2) is 0 Å². The molecular weight excluding hydrogens is 278 g/mol. The molecule has 1 saturated carbocycles. The number of nitrogens with one attached hydrogen (secondary N) is 2. The molecule has 0 aromatic rings. The highest BCUT2D eigenvalue weighted by Crippen LogP contribution is 2.23. The van der Waals surface area contributed by atoms with Crippen LogP contribution in [0.4, 0.5) is 4.79 Å². The molecule has 1 heterocycles. The predicted molar refractivity (Wildman–Crippen MR) is 88.9 cm³/mol. The Labute approximate surface area is 134 Å². The van der Waals surface area contributed by atoms with Crippen LogP contribution >= 0.6 is 0 Å². The van der Waals surface area contributed by atoms with Crippen molar-refractivity contribution in [3.05, 3.63) is 0 Å². The number of carbonyl (C=O) groups excluding carboxylic acids is 1. The second-order valence-electron chi connectivity index (χ2n) is 6.83. The van der Waals surface area contributed by atoms with Crippen molar-refractivity contribution in [2.75, 3.05) is 26.2 Å². The number of hydrogen-bond acceptors (Lipinski definition) is 3. The molecular formula is C17H33N3O2. The molecule has 0 aromatic heterocycles. The van der Waals surface area contributed by atoms with Crippen LogP contribution in [0.25, 0.3) is 0 Å². The van der Waals surface area contributed by atoms with Crippen LogP contribution in [0.5, 0.6) is 0 Å². The van der Waals surface area contributed by atoms with E-state index < -0.39 is 0 Å². The summed E-state index contributed by atoms with van der Waals surface area (Å²) in [6.07, 6.45) is 9.44. The van der Waals surface area contributed by atoms with Gasteiger partial charge in [0.15, 0.2) is 0 Å². The highest BCUT2D eigenvalue weighted by Gasteiger charge is 2.26. The van der Waals surface area contributed by atoms with Gasteiger partial charge in [-0.15, -0.1) is 0 Å². The number of piperidine rings is 1. The molecule has 5 heteroatoms. The number of likely N-dealkylation sites (tertiary alicyclic amines) is 1. The third-order valence-corrected chi connectivity index (χ3v) is 5.36. The smallest absolute Gasteiger partial charge is 0.315 e. The summed E-state index contributed by atoms with van der Waals surface area (Å²) in [4.78, 5) is 14.6. The summed E-state index contributed by atoms with van der Waals surface area (Å²) >= 11 is 0. The number of aliphatic hydroxyl groups excluding tert-OH is 1. The summed E-state index contributed by atoms with van der Waals surface area (Å²) < 4.78 is 0. The fourth-order valence-electron chi connectivity index (χ4n) is 3.97. The maximum atomic E-state index is 12.0. The second kappa shape index (κ2) is 9.36. The first-order chi connectivity index (χ1) is 10.7. The molecule has 0 radical (unpaired) electrons. The van der Waals surface area contributed by atoms with E-state index in [4.69, 9.17) is 0 Å². The zero-order chi connectivity index (χ0) is 15.8. The topological polar surface area (TPSA) is 64.6 Å². The van der Waals surface area contributed by atoms with Crippen LogP contribution < -0.4 is 10.6 Å². The van der Waals surface area contributed by atoms with Gasteiger partial charge in [-0.3, -0.25) is 4.90 Å². The van der Waals surface area contributed by atoms with Crippen molar-refractivity contribution in [1.82, 2.24) is 15.5 Å². The summed E-state index contributed by atoms with van der Waals surface area (Å²) in [5.74, 6) is 0.228. The van der Waals surface area contributed by atoms with Crippen LogP contribution in [0, 0.1) is 5.92 Å². The fourth-order valence-corrected chi connectivity index (χ4v) is 3.97. The SMILES string of the molecule is CCC1CCCCN1CCNC(=O)NC1CCCCC1CO. The lowest BCUT2D eigenvalue weighted by Crippen LogP contribution is -2.50. The minimum atomic E-state index is -0.0737. The standard InChI is InChI=1S/C17H33N3O2/c1-2-15-8-5-6-11-20(15)12-10-18-17(22)19-16-9-4-3-7-14(16)13-21/h14-16,21H,2-13H2,1H3,(H2,18,19,22). The van der Waals surface area contributed by atoms with Gasteiger partial charge in [0.2, 0.25) is 0 Å². The zero-order valence-corrected chi connectivity index (χ0v) is 14.0. The van der Waals surface area contributed by atoms with E-state index in [2.05, 4.69) is 22.5 Å². The molecule has 5 nitrogen and oxygen atoms in total. The third kappa shape index (κ3) is 5.13. The van der Waals surface area contributed by atoms with Crippen molar-refractivity contribution in [3.8, 4) is 0 Å². The lowest BCUT2D eigenvalue weighted by atomic mass is 9.85. The lowest BCUT2D eigenvalue weighted by molar-refractivity contribution is 0.142. The average Bonchev–Trinajstić information content (AvgIpc) is 2.55. The molecule has 2 rings (SSSR count). The molecule has 0 aromatic carbocycles. The Hall–Kier alpha value is -0.810. The summed E-state index contributed by atoms with van der Waals surface area (Å²) in [6.45, 7) is 5.24. The van der Waals surface area contributed by atoms with Crippen molar-refractivity contribution in [1.29, 1.82) is 0 Å². The number of amides is 2. The van der Waals surface area contributed by atoms with E-state index in [9.17, 15) is 9.90 Å². The van der Waals surface area contributed by atoms with Gasteiger partial charge in [-0.05, 0) is 38.6 Å². The largest absolute Gasteiger partial charge is 0.396 e. The molecule has 0 spiro atoms. The van der Waals surface area contributed by atoms with Crippen molar-refractivity contribution < 1.29 is 9.90 Å². The first-order valence-electron chi connectivity index (χ1n) is 9.13. The number of urea groups is 1. The number of carbonyl (C=O) groups is 1. The second-order valence-corrected chi connectivity index (χ2v) is 6.83. The van der Waals surface area contributed by atoms with Gasteiger partial charge in [0.25, 0.3) is 0 Å². The maximum absolute atomic E-state index is 12.0. The summed E-state index contributed by atoms with van der Waals surface area (Å²) in [7, 11) is 0. The minimum Gasteiger partial charge on any atom is -0.396 e. The molecule has 3 atom stereocenters. The van der Waals surface area contributed by atoms with Crippen LogP contribution in [0.2, 0.25) is 0 Å². The molecule has 1 aliphatic heterocycles. The Morgan fingerprint density at radius 3 is 2.73 bits per heavy atom. The van der Waals surface area contributed by atoms with E-state index in [1.165, 1.54) is 32.1 Å². The normalized spacial score (nSPS) is 30.0. The Bertz CT molecular complexity index is 338. The van der Waals surface area contributed by atoms with Gasteiger partial charge in [0, 0.05) is 37.7 Å². The van der Waals surface area contributed by atoms with Gasteiger partial charge in [-0.2, -0.15) is 0 Å². The molecule has 3 unspecified atom stereocenters. The van der Waals surface area contributed by atoms with Gasteiger partial charge >= 0.3 is 6.03 Å². The van der Waals surface area contributed by atoms with E-state index in [0.29, 0.717) is 12.6 Å². The van der Waals surface area contributed by atoms with E-state index in [1.54, 1.807) is 0 Å². The van der Waals surface area contributed by atoms with Gasteiger partial charge < -0.3 is 15.7 Å². The first kappa shape index (κ1) is 17.5. The molecule has 0 bridgehead atoms. The summed E-state index contributed by atoms with van der Waals surface area (Å²) in [6, 6.07) is 0.753. The first-order valence-corrected chi connectivity index (χ1v) is 9.13. The van der Waals surface area contributed by atoms with E-state index in [-0.39, 0.29) is 24.6 Å². The Balaban J connectivity index is 1.66. The Morgan fingerprint density at radius 2 is 1.95 bits per heavy atom. The monoisotopic (exact) mass is 311 g/mol. The highest BCUT2D eigenvalue weighted by molar-refractivity contribution is 5.74. The number of nitrogens with zero attached hydrogens (tertiary/aromatic N) is 1. The molecule has 1 saturated heterocycles. The Kier molecular flexibility index (Phi) is 7.46. The lowest BCUT2D eigenvalue weighted by Gasteiger charge is -2.35. The zero-order valence-electron chi connectivity index (χ0n) is 14.0. The third-order valence-electron chi connectivity index (χ3n) is 5.36. The van der Waals surface area contributed by atoms with E-state index in [1.807, 2.05) is 0 Å². The quantitative estimate of drug-likeness (QED) is 0.704. The number of aliphatic hydroxyl groups is 1. The van der Waals surface area contributed by atoms with Gasteiger partial charge in [0.05, 0.1) is 0 Å². The van der Waals surface area contributed by atoms with Crippen LogP contribution in [0.3, 0.4) is 0 Å². The van der Waals surface area contributed by atoms with Gasteiger partial charge in [-0.1, -0.05) is 26.2 Å². The van der Waals surface area contributed by atoms with Crippen LogP contribution in [-0.2, 0) is 0 Å². The molecule has 2 fully saturated rings. The summed E-state index contributed by atoms with van der Waals surface area (Å²) in [5.41, 5.74) is 0. The van der Waals surface area contributed by atoms with Gasteiger partial charge in [0.1, 0.15) is 0 Å². The molecule has 2 amide bonds. The minimum absolute atomic E-state index is 0.0737. The molecule has 2 aliphatic rings. The average molecular weight is 311 g/mol. The molecule has 128 valence electrons. The van der Waals surface area contributed by atoms with E-state index in [0.717, 1.165) is 32.4 Å². The van der Waals surface area contributed by atoms with Crippen LogP contribution in [-0.4, -0.2) is 54.4 Å². The molecule has 3 N–H and O–H groups in total. The maximum Gasteiger partial charge on any atom is 0.315 e. The van der Waals surface area contributed by atoms with Crippen LogP contribution in [0.1, 0.15) is 58.3 Å². The highest BCUT2D eigenvalue weighted by atomic mass is 16.3. The number of rotatable bonds is 6. The van der Waals surface area contributed by atoms with Crippen molar-refractivity contribution in [3.63, 3.8) is 0 Å². The Morgan fingerprint density at radius 1 is 1.18 bits per heavy atom. The van der Waals surface area contributed by atoms with E-state index >= 15 is 0 Å². The van der Waals surface area contributed by atoms with Crippen molar-refractivity contribution >= 4 is 6.03 Å². The number of hydrogen-bond donors (Lipinski definition) is 3. The van der Waals surface area contributed by atoms with Gasteiger partial charge in [-0.25, -0.2) is 4.79 Å². The fraction of sp³-hybridized carbons (Fsp3) is 0.941. The van der Waals surface area contributed by atoms with Crippen molar-refractivity contribution in [2.45, 2.75) is 70.4 Å². The predicted octanol–water partition coefficient (Wildman–Crippen LogP) is 2.10. The molecule has 22 heavy (non-hydrogen) atoms. The van der Waals surface area contributed by atoms with Crippen molar-refractivity contribution in [2.24, 2.45) is 5.92 Å². The summed E-state index contributed by atoms with van der Waals surface area (Å²) in [5, 5.41) is 15.4.